The lowest BCUT2D eigenvalue weighted by Crippen LogP contribution is -2.15. The van der Waals surface area contributed by atoms with Gasteiger partial charge in [0, 0.05) is 11.6 Å². The molecule has 0 radical (unpaired) electrons. The molecule has 8 heteroatoms. The molecule has 0 aromatic carbocycles. The molecule has 1 N–H and O–H groups in total. The van der Waals surface area contributed by atoms with Gasteiger partial charge in [0.1, 0.15) is 5.69 Å². The number of aromatic nitrogens is 3. The molecule has 0 saturated heterocycles. The number of imidazole rings is 1. The van der Waals surface area contributed by atoms with Crippen molar-refractivity contribution < 1.29 is 4.79 Å². The summed E-state index contributed by atoms with van der Waals surface area (Å²) in [6.45, 7) is 3.82. The first-order chi connectivity index (χ1) is 12.0. The summed E-state index contributed by atoms with van der Waals surface area (Å²) >= 11 is 6.55. The third-order valence-electron chi connectivity index (χ3n) is 3.70. The van der Waals surface area contributed by atoms with Crippen molar-refractivity contribution in [3.63, 3.8) is 0 Å². The fourth-order valence-electron chi connectivity index (χ4n) is 2.64. The highest BCUT2D eigenvalue weighted by atomic mass is 79.9. The number of anilines is 1. The molecule has 0 fully saturated rings. The molecule has 25 heavy (non-hydrogen) atoms. The Hall–Kier alpha value is -2.03. The monoisotopic (exact) mass is 432 g/mol. The van der Waals surface area contributed by atoms with Gasteiger partial charge in [-0.25, -0.2) is 9.97 Å². The quantitative estimate of drug-likeness (QED) is 0.486. The summed E-state index contributed by atoms with van der Waals surface area (Å²) in [5.74, 6) is -0.213. The smallest absolute Gasteiger partial charge is 0.276 e. The minimum atomic E-state index is -0.213. The number of carbonyl (C=O) groups excluding carboxylic acids is 1. The van der Waals surface area contributed by atoms with Crippen LogP contribution in [0, 0.1) is 13.8 Å². The van der Waals surface area contributed by atoms with Crippen molar-refractivity contribution in [3.8, 4) is 10.6 Å². The van der Waals surface area contributed by atoms with E-state index in [0.29, 0.717) is 16.5 Å². The van der Waals surface area contributed by atoms with Crippen LogP contribution in [0.5, 0.6) is 0 Å². The first-order valence-corrected chi connectivity index (χ1v) is 10.0. The van der Waals surface area contributed by atoms with Gasteiger partial charge in [0.25, 0.3) is 5.91 Å². The zero-order chi connectivity index (χ0) is 17.6. The van der Waals surface area contributed by atoms with Gasteiger partial charge in [0.2, 0.25) is 0 Å². The maximum atomic E-state index is 12.8. The van der Waals surface area contributed by atoms with Crippen molar-refractivity contribution in [1.29, 1.82) is 0 Å². The summed E-state index contributed by atoms with van der Waals surface area (Å²) in [7, 11) is 0. The summed E-state index contributed by atoms with van der Waals surface area (Å²) in [4.78, 5) is 22.9. The van der Waals surface area contributed by atoms with Gasteiger partial charge in [-0.05, 0) is 52.9 Å². The SMILES string of the molecule is Cc1cc(Br)c2nc(C)c(C(=O)Nc3nc(-c4cccs4)cs3)n2c1. The fourth-order valence-corrected chi connectivity index (χ4v) is 4.75. The Morgan fingerprint density at radius 2 is 2.12 bits per heavy atom. The number of nitrogens with zero attached hydrogens (tertiary/aromatic N) is 3. The Labute approximate surface area is 160 Å². The van der Waals surface area contributed by atoms with E-state index in [1.165, 1.54) is 11.3 Å². The van der Waals surface area contributed by atoms with Crippen molar-refractivity contribution in [2.24, 2.45) is 0 Å². The van der Waals surface area contributed by atoms with Crippen LogP contribution in [0.15, 0.2) is 39.6 Å². The van der Waals surface area contributed by atoms with E-state index >= 15 is 0 Å². The average molecular weight is 433 g/mol. The lowest BCUT2D eigenvalue weighted by molar-refractivity contribution is 0.102. The highest BCUT2D eigenvalue weighted by Crippen LogP contribution is 2.29. The van der Waals surface area contributed by atoms with Crippen LogP contribution >= 0.6 is 38.6 Å². The number of thiazole rings is 1. The molecule has 0 aliphatic carbocycles. The number of halogens is 1. The molecule has 0 unspecified atom stereocenters. The molecule has 0 aliphatic rings. The predicted molar refractivity (Wildman–Crippen MR) is 106 cm³/mol. The number of hydrogen-bond donors (Lipinski definition) is 1. The van der Waals surface area contributed by atoms with Crippen LogP contribution in [0.25, 0.3) is 16.2 Å². The van der Waals surface area contributed by atoms with Crippen molar-refractivity contribution in [2.75, 3.05) is 5.32 Å². The predicted octanol–water partition coefficient (Wildman–Crippen LogP) is 5.15. The van der Waals surface area contributed by atoms with Crippen LogP contribution in [0.3, 0.4) is 0 Å². The van der Waals surface area contributed by atoms with E-state index in [9.17, 15) is 4.79 Å². The standard InChI is InChI=1S/C17H13BrN4OS2/c1-9-6-11(18)15-19-10(2)14(22(15)7-9)16(23)21-17-20-12(8-25-17)13-4-3-5-24-13/h3-8H,1-2H3,(H,20,21,23). The highest BCUT2D eigenvalue weighted by molar-refractivity contribution is 9.10. The third kappa shape index (κ3) is 3.01. The second-order valence-electron chi connectivity index (χ2n) is 5.57. The number of amides is 1. The molecule has 1 amide bonds. The van der Waals surface area contributed by atoms with Gasteiger partial charge in [0.05, 0.1) is 20.7 Å². The summed E-state index contributed by atoms with van der Waals surface area (Å²) in [6, 6.07) is 5.98. The topological polar surface area (TPSA) is 59.3 Å². The molecule has 0 atom stereocenters. The van der Waals surface area contributed by atoms with Crippen molar-refractivity contribution in [1.82, 2.24) is 14.4 Å². The minimum absolute atomic E-state index is 0.213. The second kappa shape index (κ2) is 6.36. The van der Waals surface area contributed by atoms with E-state index in [2.05, 4.69) is 31.2 Å². The van der Waals surface area contributed by atoms with Crippen molar-refractivity contribution >= 4 is 55.3 Å². The van der Waals surface area contributed by atoms with Crippen LogP contribution < -0.4 is 5.32 Å². The molecule has 0 saturated carbocycles. The largest absolute Gasteiger partial charge is 0.296 e. The van der Waals surface area contributed by atoms with E-state index in [4.69, 9.17) is 0 Å². The van der Waals surface area contributed by atoms with Crippen LogP contribution in [0.4, 0.5) is 5.13 Å². The summed E-state index contributed by atoms with van der Waals surface area (Å²) in [5, 5.41) is 7.43. The summed E-state index contributed by atoms with van der Waals surface area (Å²) in [5.41, 5.74) is 3.85. The van der Waals surface area contributed by atoms with E-state index in [0.717, 1.165) is 26.3 Å². The second-order valence-corrected chi connectivity index (χ2v) is 8.23. The highest BCUT2D eigenvalue weighted by Gasteiger charge is 2.19. The van der Waals surface area contributed by atoms with Gasteiger partial charge >= 0.3 is 0 Å². The zero-order valence-corrected chi connectivity index (χ0v) is 16.6. The number of thiophene rings is 1. The van der Waals surface area contributed by atoms with Gasteiger partial charge in [-0.2, -0.15) is 0 Å². The van der Waals surface area contributed by atoms with Crippen LogP contribution in [-0.4, -0.2) is 20.3 Å². The molecular weight excluding hydrogens is 420 g/mol. The van der Waals surface area contributed by atoms with Gasteiger partial charge in [-0.1, -0.05) is 6.07 Å². The maximum Gasteiger partial charge on any atom is 0.276 e. The maximum absolute atomic E-state index is 12.8. The molecule has 0 bridgehead atoms. The molecule has 4 heterocycles. The van der Waals surface area contributed by atoms with Gasteiger partial charge in [-0.15, -0.1) is 22.7 Å². The van der Waals surface area contributed by atoms with Crippen LogP contribution in [0.1, 0.15) is 21.7 Å². The molecule has 4 aromatic heterocycles. The number of rotatable bonds is 3. The number of aryl methyl sites for hydroxylation is 2. The minimum Gasteiger partial charge on any atom is -0.296 e. The number of fused-ring (bicyclic) bond motifs is 1. The van der Waals surface area contributed by atoms with Crippen LogP contribution in [-0.2, 0) is 0 Å². The van der Waals surface area contributed by atoms with Gasteiger partial charge < -0.3 is 0 Å². The number of hydrogen-bond acceptors (Lipinski definition) is 5. The first-order valence-electron chi connectivity index (χ1n) is 7.48. The lowest BCUT2D eigenvalue weighted by atomic mass is 10.3. The number of carbonyl (C=O) groups is 1. The van der Waals surface area contributed by atoms with Crippen LogP contribution in [0.2, 0.25) is 0 Å². The molecule has 5 nitrogen and oxygen atoms in total. The number of nitrogens with one attached hydrogen (secondary N) is 1. The van der Waals surface area contributed by atoms with Gasteiger partial charge in [-0.3, -0.25) is 14.5 Å². The fraction of sp³-hybridized carbons (Fsp3) is 0.118. The summed E-state index contributed by atoms with van der Waals surface area (Å²) < 4.78 is 2.68. The Kier molecular flexibility index (Phi) is 4.18. The van der Waals surface area contributed by atoms with E-state index in [1.54, 1.807) is 11.3 Å². The van der Waals surface area contributed by atoms with Crippen molar-refractivity contribution in [3.05, 3.63) is 56.6 Å². The average Bonchev–Trinajstić information content (AvgIpc) is 3.25. The molecule has 126 valence electrons. The Bertz CT molecular complexity index is 1080. The lowest BCUT2D eigenvalue weighted by Gasteiger charge is -2.05. The molecule has 0 spiro atoms. The Balaban J connectivity index is 1.68. The molecule has 4 aromatic rings. The van der Waals surface area contributed by atoms with Crippen molar-refractivity contribution in [2.45, 2.75) is 13.8 Å². The third-order valence-corrected chi connectivity index (χ3v) is 5.93. The molecule has 0 aliphatic heterocycles. The van der Waals surface area contributed by atoms with E-state index in [1.807, 2.05) is 53.4 Å². The molecule has 4 rings (SSSR count). The van der Waals surface area contributed by atoms with E-state index < -0.39 is 0 Å². The summed E-state index contributed by atoms with van der Waals surface area (Å²) in [6.07, 6.45) is 1.91. The zero-order valence-electron chi connectivity index (χ0n) is 13.4. The first kappa shape index (κ1) is 16.4. The Morgan fingerprint density at radius 3 is 2.88 bits per heavy atom. The van der Waals surface area contributed by atoms with E-state index in [-0.39, 0.29) is 5.91 Å². The van der Waals surface area contributed by atoms with Gasteiger partial charge in [0.15, 0.2) is 10.8 Å². The Morgan fingerprint density at radius 1 is 1.28 bits per heavy atom. The normalized spacial score (nSPS) is 11.2. The molecular formula is C17H13BrN4OS2. The number of pyridine rings is 1.